The fraction of sp³-hybridized carbons (Fsp3) is 0.200. The lowest BCUT2D eigenvalue weighted by molar-refractivity contribution is 0.317. The van der Waals surface area contributed by atoms with Crippen molar-refractivity contribution in [2.75, 3.05) is 6.61 Å². The molecule has 0 unspecified atom stereocenters. The van der Waals surface area contributed by atoms with Crippen molar-refractivity contribution >= 4 is 0 Å². The quantitative estimate of drug-likeness (QED) is 0.819. The van der Waals surface area contributed by atoms with E-state index in [9.17, 15) is 0 Å². The molecule has 0 N–H and O–H groups in total. The molecule has 1 aromatic carbocycles. The molecule has 19 heavy (non-hydrogen) atoms. The van der Waals surface area contributed by atoms with Crippen molar-refractivity contribution in [1.29, 1.82) is 5.26 Å². The molecule has 0 saturated carbocycles. The van der Waals surface area contributed by atoms with Gasteiger partial charge in [0, 0.05) is 12.3 Å². The van der Waals surface area contributed by atoms with Crippen LogP contribution in [0.1, 0.15) is 19.0 Å². The Morgan fingerprint density at radius 1 is 1.11 bits per heavy atom. The summed E-state index contributed by atoms with van der Waals surface area (Å²) in [7, 11) is 0. The van der Waals surface area contributed by atoms with Crippen LogP contribution in [-0.2, 0) is 0 Å². The second-order valence-corrected chi connectivity index (χ2v) is 3.91. The second-order valence-electron chi connectivity index (χ2n) is 3.91. The Labute approximate surface area is 112 Å². The van der Waals surface area contributed by atoms with Crippen LogP contribution in [0.3, 0.4) is 0 Å². The maximum Gasteiger partial charge on any atom is 0.144 e. The van der Waals surface area contributed by atoms with E-state index in [1.165, 1.54) is 0 Å². The van der Waals surface area contributed by atoms with Crippen molar-refractivity contribution in [2.45, 2.75) is 13.3 Å². The van der Waals surface area contributed by atoms with Gasteiger partial charge in [-0.05, 0) is 36.8 Å². The molecule has 0 bridgehead atoms. The first-order chi connectivity index (χ1) is 9.31. The lowest BCUT2D eigenvalue weighted by Crippen LogP contribution is -1.94. The van der Waals surface area contributed by atoms with E-state index in [0.717, 1.165) is 12.2 Å². The molecule has 2 aromatic rings. The van der Waals surface area contributed by atoms with Crippen LogP contribution in [0.25, 0.3) is 0 Å². The van der Waals surface area contributed by atoms with Crippen LogP contribution >= 0.6 is 0 Å². The lowest BCUT2D eigenvalue weighted by atomic mass is 10.3. The smallest absolute Gasteiger partial charge is 0.144 e. The minimum atomic E-state index is 0.334. The summed E-state index contributed by atoms with van der Waals surface area (Å²) in [6.45, 7) is 2.77. The number of ether oxygens (including phenoxy) is 2. The van der Waals surface area contributed by atoms with E-state index in [1.54, 1.807) is 18.3 Å². The first-order valence-electron chi connectivity index (χ1n) is 6.08. The number of nitrogens with zero attached hydrogens (tertiary/aromatic N) is 2. The van der Waals surface area contributed by atoms with Gasteiger partial charge in [-0.15, -0.1) is 0 Å². The van der Waals surface area contributed by atoms with Crippen LogP contribution in [0.5, 0.6) is 17.2 Å². The van der Waals surface area contributed by atoms with Gasteiger partial charge in [-0.1, -0.05) is 6.92 Å². The Bertz CT molecular complexity index is 573. The highest BCUT2D eigenvalue weighted by molar-refractivity contribution is 5.37. The minimum Gasteiger partial charge on any atom is -0.494 e. The summed E-state index contributed by atoms with van der Waals surface area (Å²) < 4.78 is 11.1. The fourth-order valence-electron chi connectivity index (χ4n) is 1.50. The van der Waals surface area contributed by atoms with Crippen molar-refractivity contribution in [2.24, 2.45) is 0 Å². The van der Waals surface area contributed by atoms with Gasteiger partial charge in [-0.25, -0.2) is 4.98 Å². The SMILES string of the molecule is CCCOc1ccc(Oc2ccnc(C#N)c2)cc1. The van der Waals surface area contributed by atoms with Crippen LogP contribution in [-0.4, -0.2) is 11.6 Å². The van der Waals surface area contributed by atoms with Gasteiger partial charge in [-0.3, -0.25) is 0 Å². The van der Waals surface area contributed by atoms with Crippen molar-refractivity contribution in [3.63, 3.8) is 0 Å². The molecule has 96 valence electrons. The zero-order valence-corrected chi connectivity index (χ0v) is 10.7. The van der Waals surface area contributed by atoms with Crippen LogP contribution < -0.4 is 9.47 Å². The van der Waals surface area contributed by atoms with Crippen molar-refractivity contribution in [1.82, 2.24) is 4.98 Å². The Kier molecular flexibility index (Phi) is 4.35. The zero-order valence-electron chi connectivity index (χ0n) is 10.7. The average Bonchev–Trinajstić information content (AvgIpc) is 2.47. The average molecular weight is 254 g/mol. The Morgan fingerprint density at radius 3 is 2.53 bits per heavy atom. The predicted octanol–water partition coefficient (Wildman–Crippen LogP) is 3.53. The van der Waals surface area contributed by atoms with Crippen LogP contribution in [0.4, 0.5) is 0 Å². The van der Waals surface area contributed by atoms with Crippen molar-refractivity contribution in [3.05, 3.63) is 48.3 Å². The normalized spacial score (nSPS) is 9.68. The summed E-state index contributed by atoms with van der Waals surface area (Å²) in [6, 6.07) is 12.7. The van der Waals surface area contributed by atoms with Crippen LogP contribution in [0.2, 0.25) is 0 Å². The van der Waals surface area contributed by atoms with E-state index < -0.39 is 0 Å². The van der Waals surface area contributed by atoms with Gasteiger partial charge >= 0.3 is 0 Å². The standard InChI is InChI=1S/C15H14N2O2/c1-2-9-18-13-3-5-14(6-4-13)19-15-7-8-17-12(10-15)11-16/h3-8,10H,2,9H2,1H3. The number of nitriles is 1. The first kappa shape index (κ1) is 12.9. The molecule has 0 saturated heterocycles. The molecule has 0 aliphatic heterocycles. The molecule has 1 aromatic heterocycles. The van der Waals surface area contributed by atoms with Gasteiger partial charge < -0.3 is 9.47 Å². The highest BCUT2D eigenvalue weighted by Gasteiger charge is 2.00. The van der Waals surface area contributed by atoms with Gasteiger partial charge in [0.05, 0.1) is 6.61 Å². The van der Waals surface area contributed by atoms with Gasteiger partial charge in [0.15, 0.2) is 0 Å². The Balaban J connectivity index is 2.04. The molecule has 0 aliphatic carbocycles. The highest BCUT2D eigenvalue weighted by atomic mass is 16.5. The maximum atomic E-state index is 8.76. The van der Waals surface area contributed by atoms with Gasteiger partial charge in [0.25, 0.3) is 0 Å². The summed E-state index contributed by atoms with van der Waals surface area (Å²) in [5, 5.41) is 8.76. The highest BCUT2D eigenvalue weighted by Crippen LogP contribution is 2.23. The molecular formula is C15H14N2O2. The molecule has 0 radical (unpaired) electrons. The first-order valence-corrected chi connectivity index (χ1v) is 6.08. The predicted molar refractivity (Wildman–Crippen MR) is 71.3 cm³/mol. The summed E-state index contributed by atoms with van der Waals surface area (Å²) in [5.41, 5.74) is 0.334. The summed E-state index contributed by atoms with van der Waals surface area (Å²) in [5.74, 6) is 2.11. The third-order valence-electron chi connectivity index (χ3n) is 2.38. The number of benzene rings is 1. The molecule has 2 rings (SSSR count). The van der Waals surface area contributed by atoms with E-state index in [-0.39, 0.29) is 0 Å². The fourth-order valence-corrected chi connectivity index (χ4v) is 1.50. The lowest BCUT2D eigenvalue weighted by Gasteiger charge is -2.07. The van der Waals surface area contributed by atoms with Gasteiger partial charge in [-0.2, -0.15) is 5.26 Å². The molecule has 1 heterocycles. The Hall–Kier alpha value is -2.54. The molecule has 0 amide bonds. The van der Waals surface area contributed by atoms with E-state index in [4.69, 9.17) is 14.7 Å². The molecule has 0 atom stereocenters. The second kappa shape index (κ2) is 6.41. The number of pyridine rings is 1. The maximum absolute atomic E-state index is 8.76. The largest absolute Gasteiger partial charge is 0.494 e. The zero-order chi connectivity index (χ0) is 13.5. The Morgan fingerprint density at radius 2 is 1.84 bits per heavy atom. The molecule has 4 heteroatoms. The number of aromatic nitrogens is 1. The third kappa shape index (κ3) is 3.71. The third-order valence-corrected chi connectivity index (χ3v) is 2.38. The van der Waals surface area contributed by atoms with Crippen molar-refractivity contribution < 1.29 is 9.47 Å². The van der Waals surface area contributed by atoms with Gasteiger partial charge in [0.2, 0.25) is 0 Å². The minimum absolute atomic E-state index is 0.334. The van der Waals surface area contributed by atoms with Crippen molar-refractivity contribution in [3.8, 4) is 23.3 Å². The topological polar surface area (TPSA) is 55.1 Å². The number of rotatable bonds is 5. The molecule has 4 nitrogen and oxygen atoms in total. The van der Waals surface area contributed by atoms with Crippen LogP contribution in [0.15, 0.2) is 42.6 Å². The summed E-state index contributed by atoms with van der Waals surface area (Å²) in [4.78, 5) is 3.89. The van der Waals surface area contributed by atoms with E-state index in [0.29, 0.717) is 23.8 Å². The van der Waals surface area contributed by atoms with Gasteiger partial charge in [0.1, 0.15) is 29.0 Å². The molecular weight excluding hydrogens is 240 g/mol. The van der Waals surface area contributed by atoms with E-state index in [2.05, 4.69) is 11.9 Å². The monoisotopic (exact) mass is 254 g/mol. The number of hydrogen-bond donors (Lipinski definition) is 0. The van der Waals surface area contributed by atoms with E-state index >= 15 is 0 Å². The summed E-state index contributed by atoms with van der Waals surface area (Å²) >= 11 is 0. The molecule has 0 aliphatic rings. The summed E-state index contributed by atoms with van der Waals surface area (Å²) in [6.07, 6.45) is 2.53. The number of hydrogen-bond acceptors (Lipinski definition) is 4. The van der Waals surface area contributed by atoms with Crippen LogP contribution in [0, 0.1) is 11.3 Å². The van der Waals surface area contributed by atoms with E-state index in [1.807, 2.05) is 30.3 Å². The molecule has 0 fully saturated rings. The molecule has 0 spiro atoms.